The first-order valence-electron chi connectivity index (χ1n) is 6.49. The van der Waals surface area contributed by atoms with E-state index in [1.807, 2.05) is 24.4 Å². The van der Waals surface area contributed by atoms with Crippen LogP contribution in [0.1, 0.15) is 17.8 Å². The average molecular weight is 299 g/mol. The van der Waals surface area contributed by atoms with Crippen LogP contribution in [0.2, 0.25) is 0 Å². The van der Waals surface area contributed by atoms with E-state index >= 15 is 0 Å². The normalized spacial score (nSPS) is 12.2. The van der Waals surface area contributed by atoms with Crippen LogP contribution in [0.25, 0.3) is 10.9 Å². The molecule has 106 valence electrons. The zero-order valence-corrected chi connectivity index (χ0v) is 12.1. The van der Waals surface area contributed by atoms with Gasteiger partial charge in [-0.15, -0.1) is 11.3 Å². The summed E-state index contributed by atoms with van der Waals surface area (Å²) in [5.74, 6) is 0. The Kier molecular flexibility index (Phi) is 3.53. The van der Waals surface area contributed by atoms with Crippen LogP contribution < -0.4 is 5.32 Å². The molecule has 1 aromatic carbocycles. The van der Waals surface area contributed by atoms with Crippen molar-refractivity contribution in [2.24, 2.45) is 0 Å². The smallest absolute Gasteiger partial charge is 0.301 e. The number of pyridine rings is 1. The molecule has 0 aliphatic heterocycles. The van der Waals surface area contributed by atoms with Gasteiger partial charge in [-0.2, -0.15) is 0 Å². The molecular weight excluding hydrogens is 286 g/mol. The van der Waals surface area contributed by atoms with Crippen molar-refractivity contribution in [1.29, 1.82) is 0 Å². The number of hydrogen-bond donors (Lipinski definition) is 1. The molecule has 3 rings (SSSR count). The molecule has 0 fully saturated rings. The third-order valence-electron chi connectivity index (χ3n) is 3.28. The summed E-state index contributed by atoms with van der Waals surface area (Å²) in [4.78, 5) is 16.4. The fourth-order valence-electron chi connectivity index (χ4n) is 2.29. The summed E-state index contributed by atoms with van der Waals surface area (Å²) in [5.41, 5.74) is 1.21. The molecule has 0 amide bonds. The Labute approximate surface area is 125 Å². The molecule has 0 aliphatic carbocycles. The fraction of sp³-hybridized carbons (Fsp3) is 0.133. The van der Waals surface area contributed by atoms with E-state index in [0.29, 0.717) is 16.6 Å². The highest BCUT2D eigenvalue weighted by molar-refractivity contribution is 7.10. The van der Waals surface area contributed by atoms with Crippen LogP contribution in [0, 0.1) is 10.1 Å². The van der Waals surface area contributed by atoms with Crippen LogP contribution in [0.15, 0.2) is 48.0 Å². The Morgan fingerprint density at radius 2 is 2.14 bits per heavy atom. The standard InChI is InChI=1S/C15H13N3O2S/c1-10(14-5-3-9-21-14)17-13-7-6-12-11(4-2-8-16-12)15(13)18(19)20/h2-10,17H,1H3. The molecule has 0 bridgehead atoms. The molecule has 3 aromatic rings. The minimum absolute atomic E-state index is 0.0119. The van der Waals surface area contributed by atoms with Gasteiger partial charge < -0.3 is 5.32 Å². The maximum absolute atomic E-state index is 11.4. The number of nitro benzene ring substituents is 1. The summed E-state index contributed by atoms with van der Waals surface area (Å²) < 4.78 is 0. The summed E-state index contributed by atoms with van der Waals surface area (Å²) in [6, 6.07) is 10.9. The van der Waals surface area contributed by atoms with Gasteiger partial charge in [0.2, 0.25) is 0 Å². The zero-order chi connectivity index (χ0) is 14.8. The third kappa shape index (κ3) is 2.57. The molecule has 1 N–H and O–H groups in total. The molecule has 5 nitrogen and oxygen atoms in total. The van der Waals surface area contributed by atoms with Crippen LogP contribution in [-0.2, 0) is 0 Å². The topological polar surface area (TPSA) is 68.1 Å². The molecule has 1 unspecified atom stereocenters. The number of thiophene rings is 1. The molecule has 1 atom stereocenters. The first-order chi connectivity index (χ1) is 10.2. The van der Waals surface area contributed by atoms with Gasteiger partial charge >= 0.3 is 5.69 Å². The number of rotatable bonds is 4. The minimum Gasteiger partial charge on any atom is -0.372 e. The van der Waals surface area contributed by atoms with Gasteiger partial charge in [-0.1, -0.05) is 6.07 Å². The molecule has 6 heteroatoms. The van der Waals surface area contributed by atoms with Crippen molar-refractivity contribution < 1.29 is 4.92 Å². The van der Waals surface area contributed by atoms with Crippen molar-refractivity contribution in [1.82, 2.24) is 4.98 Å². The predicted molar refractivity (Wildman–Crippen MR) is 84.8 cm³/mol. The van der Waals surface area contributed by atoms with Gasteiger partial charge in [0.1, 0.15) is 5.69 Å². The van der Waals surface area contributed by atoms with E-state index < -0.39 is 0 Å². The van der Waals surface area contributed by atoms with Gasteiger partial charge in [0.05, 0.1) is 21.9 Å². The lowest BCUT2D eigenvalue weighted by Gasteiger charge is -2.14. The zero-order valence-electron chi connectivity index (χ0n) is 11.3. The molecule has 2 heterocycles. The lowest BCUT2D eigenvalue weighted by molar-refractivity contribution is -0.382. The maximum Gasteiger partial charge on any atom is 0.301 e. The van der Waals surface area contributed by atoms with Crippen molar-refractivity contribution in [3.8, 4) is 0 Å². The molecule has 21 heavy (non-hydrogen) atoms. The number of fused-ring (bicyclic) bond motifs is 1. The number of benzene rings is 1. The Morgan fingerprint density at radius 3 is 2.86 bits per heavy atom. The summed E-state index contributed by atoms with van der Waals surface area (Å²) in [5, 5.41) is 17.2. The van der Waals surface area contributed by atoms with Crippen LogP contribution in [0.4, 0.5) is 11.4 Å². The van der Waals surface area contributed by atoms with Gasteiger partial charge in [-0.3, -0.25) is 15.1 Å². The van der Waals surface area contributed by atoms with E-state index in [0.717, 1.165) is 4.88 Å². The van der Waals surface area contributed by atoms with E-state index in [1.54, 1.807) is 41.8 Å². The van der Waals surface area contributed by atoms with E-state index in [4.69, 9.17) is 0 Å². The van der Waals surface area contributed by atoms with Gasteiger partial charge in [-0.05, 0) is 42.6 Å². The second kappa shape index (κ2) is 5.49. The minimum atomic E-state index is -0.354. The average Bonchev–Trinajstić information content (AvgIpc) is 3.01. The Balaban J connectivity index is 2.06. The van der Waals surface area contributed by atoms with Crippen LogP contribution in [0.5, 0.6) is 0 Å². The summed E-state index contributed by atoms with van der Waals surface area (Å²) >= 11 is 1.62. The largest absolute Gasteiger partial charge is 0.372 e. The molecule has 0 spiro atoms. The molecule has 0 aliphatic rings. The predicted octanol–water partition coefficient (Wildman–Crippen LogP) is 4.38. The third-order valence-corrected chi connectivity index (χ3v) is 4.34. The van der Waals surface area contributed by atoms with Crippen molar-refractivity contribution >= 4 is 33.6 Å². The number of nitrogens with one attached hydrogen (secondary N) is 1. The number of anilines is 1. The van der Waals surface area contributed by atoms with Crippen LogP contribution in [-0.4, -0.2) is 9.91 Å². The summed E-state index contributed by atoms with van der Waals surface area (Å²) in [7, 11) is 0. The van der Waals surface area contributed by atoms with E-state index in [9.17, 15) is 10.1 Å². The SMILES string of the molecule is CC(Nc1ccc2ncccc2c1[N+](=O)[O-])c1cccs1. The molecular formula is C15H13N3O2S. The Morgan fingerprint density at radius 1 is 1.29 bits per heavy atom. The quantitative estimate of drug-likeness (QED) is 0.573. The number of nitro groups is 1. The number of aromatic nitrogens is 1. The van der Waals surface area contributed by atoms with Gasteiger partial charge in [-0.25, -0.2) is 0 Å². The first-order valence-corrected chi connectivity index (χ1v) is 7.37. The Bertz CT molecular complexity index is 787. The lowest BCUT2D eigenvalue weighted by atomic mass is 10.1. The highest BCUT2D eigenvalue weighted by atomic mass is 32.1. The Hall–Kier alpha value is -2.47. The van der Waals surface area contributed by atoms with Crippen molar-refractivity contribution in [3.05, 3.63) is 63.0 Å². The van der Waals surface area contributed by atoms with Crippen molar-refractivity contribution in [3.63, 3.8) is 0 Å². The summed E-state index contributed by atoms with van der Waals surface area (Å²) in [6.45, 7) is 1.99. The second-order valence-electron chi connectivity index (χ2n) is 4.67. The van der Waals surface area contributed by atoms with Crippen LogP contribution >= 0.6 is 11.3 Å². The van der Waals surface area contributed by atoms with E-state index in [2.05, 4.69) is 10.3 Å². The van der Waals surface area contributed by atoms with E-state index in [-0.39, 0.29) is 16.7 Å². The second-order valence-corrected chi connectivity index (χ2v) is 5.65. The highest BCUT2D eigenvalue weighted by Gasteiger charge is 2.20. The van der Waals surface area contributed by atoms with Crippen molar-refractivity contribution in [2.45, 2.75) is 13.0 Å². The van der Waals surface area contributed by atoms with Crippen LogP contribution in [0.3, 0.4) is 0 Å². The number of nitrogens with zero attached hydrogens (tertiary/aromatic N) is 2. The molecule has 0 saturated carbocycles. The fourth-order valence-corrected chi connectivity index (χ4v) is 3.03. The summed E-state index contributed by atoms with van der Waals surface area (Å²) in [6.07, 6.45) is 1.63. The monoisotopic (exact) mass is 299 g/mol. The molecule has 0 saturated heterocycles. The molecule has 2 aromatic heterocycles. The van der Waals surface area contributed by atoms with Gasteiger partial charge in [0.15, 0.2) is 0 Å². The lowest BCUT2D eigenvalue weighted by Crippen LogP contribution is -2.07. The van der Waals surface area contributed by atoms with Gasteiger partial charge in [0.25, 0.3) is 0 Å². The van der Waals surface area contributed by atoms with E-state index in [1.165, 1.54) is 0 Å². The van der Waals surface area contributed by atoms with Crippen molar-refractivity contribution in [2.75, 3.05) is 5.32 Å². The first kappa shape index (κ1) is 13.5. The van der Waals surface area contributed by atoms with Gasteiger partial charge in [0, 0.05) is 11.1 Å². The number of hydrogen-bond acceptors (Lipinski definition) is 5. The highest BCUT2D eigenvalue weighted by Crippen LogP contribution is 2.35. The maximum atomic E-state index is 11.4. The molecule has 0 radical (unpaired) electrons.